The third kappa shape index (κ3) is 5.54. The van der Waals surface area contributed by atoms with Crippen molar-refractivity contribution in [1.82, 2.24) is 5.32 Å². The SMILES string of the molecule is CNC(C)CCCCOc1cc(C)ccc1C(C)(C)C. The van der Waals surface area contributed by atoms with E-state index in [2.05, 4.69) is 58.1 Å². The molecule has 2 nitrogen and oxygen atoms in total. The molecule has 0 aliphatic carbocycles. The van der Waals surface area contributed by atoms with Crippen LogP contribution in [-0.2, 0) is 5.41 Å². The zero-order valence-corrected chi connectivity index (χ0v) is 14.0. The molecule has 0 aliphatic rings. The molecule has 1 rings (SSSR count). The lowest BCUT2D eigenvalue weighted by molar-refractivity contribution is 0.294. The summed E-state index contributed by atoms with van der Waals surface area (Å²) in [5.74, 6) is 1.05. The van der Waals surface area contributed by atoms with Crippen LogP contribution in [0.4, 0.5) is 0 Å². The summed E-state index contributed by atoms with van der Waals surface area (Å²) < 4.78 is 6.04. The third-order valence-corrected chi connectivity index (χ3v) is 3.73. The molecule has 114 valence electrons. The number of hydrogen-bond acceptors (Lipinski definition) is 2. The van der Waals surface area contributed by atoms with Crippen LogP contribution in [0.25, 0.3) is 0 Å². The van der Waals surface area contributed by atoms with E-state index in [-0.39, 0.29) is 5.41 Å². The van der Waals surface area contributed by atoms with Crippen LogP contribution in [0.15, 0.2) is 18.2 Å². The lowest BCUT2D eigenvalue weighted by Crippen LogP contribution is -2.20. The van der Waals surface area contributed by atoms with Crippen molar-refractivity contribution in [2.24, 2.45) is 0 Å². The summed E-state index contributed by atoms with van der Waals surface area (Å²) in [6.07, 6.45) is 3.53. The number of unbranched alkanes of at least 4 members (excludes halogenated alkanes) is 1. The Balaban J connectivity index is 2.53. The monoisotopic (exact) mass is 277 g/mol. The van der Waals surface area contributed by atoms with Crippen molar-refractivity contribution in [3.8, 4) is 5.75 Å². The highest BCUT2D eigenvalue weighted by molar-refractivity contribution is 5.41. The molecule has 0 spiro atoms. The van der Waals surface area contributed by atoms with Gasteiger partial charge in [-0.1, -0.05) is 32.9 Å². The Kier molecular flexibility index (Phi) is 6.54. The average molecular weight is 277 g/mol. The Morgan fingerprint density at radius 2 is 1.90 bits per heavy atom. The van der Waals surface area contributed by atoms with Crippen LogP contribution >= 0.6 is 0 Å². The molecule has 1 aromatic rings. The van der Waals surface area contributed by atoms with Crippen LogP contribution in [0.3, 0.4) is 0 Å². The molecule has 0 amide bonds. The summed E-state index contributed by atoms with van der Waals surface area (Å²) in [6, 6.07) is 7.13. The van der Waals surface area contributed by atoms with Crippen LogP contribution in [-0.4, -0.2) is 19.7 Å². The minimum absolute atomic E-state index is 0.129. The quantitative estimate of drug-likeness (QED) is 0.743. The summed E-state index contributed by atoms with van der Waals surface area (Å²) in [5.41, 5.74) is 2.69. The van der Waals surface area contributed by atoms with E-state index in [1.165, 1.54) is 24.0 Å². The van der Waals surface area contributed by atoms with Gasteiger partial charge in [0.25, 0.3) is 0 Å². The van der Waals surface area contributed by atoms with Crippen LogP contribution in [0, 0.1) is 6.92 Å². The predicted octanol–water partition coefficient (Wildman–Crippen LogP) is 4.45. The van der Waals surface area contributed by atoms with Crippen molar-refractivity contribution in [3.05, 3.63) is 29.3 Å². The van der Waals surface area contributed by atoms with Gasteiger partial charge in [0.1, 0.15) is 5.75 Å². The number of benzene rings is 1. The molecule has 1 aromatic carbocycles. The number of rotatable bonds is 7. The van der Waals surface area contributed by atoms with E-state index in [0.717, 1.165) is 18.8 Å². The van der Waals surface area contributed by atoms with E-state index in [4.69, 9.17) is 4.74 Å². The molecule has 1 unspecified atom stereocenters. The molecule has 20 heavy (non-hydrogen) atoms. The zero-order chi connectivity index (χ0) is 15.2. The van der Waals surface area contributed by atoms with Crippen LogP contribution < -0.4 is 10.1 Å². The van der Waals surface area contributed by atoms with E-state index in [1.807, 2.05) is 7.05 Å². The number of nitrogens with one attached hydrogen (secondary N) is 1. The van der Waals surface area contributed by atoms with E-state index >= 15 is 0 Å². The minimum Gasteiger partial charge on any atom is -0.493 e. The fraction of sp³-hybridized carbons (Fsp3) is 0.667. The molecule has 1 N–H and O–H groups in total. The second-order valence-corrected chi connectivity index (χ2v) is 6.78. The molecule has 0 bridgehead atoms. The van der Waals surface area contributed by atoms with E-state index in [0.29, 0.717) is 6.04 Å². The second-order valence-electron chi connectivity index (χ2n) is 6.78. The van der Waals surface area contributed by atoms with E-state index < -0.39 is 0 Å². The predicted molar refractivity (Wildman–Crippen MR) is 87.7 cm³/mol. The summed E-state index contributed by atoms with van der Waals surface area (Å²) in [6.45, 7) is 11.9. The van der Waals surface area contributed by atoms with Gasteiger partial charge in [-0.05, 0) is 62.8 Å². The first-order valence-corrected chi connectivity index (χ1v) is 7.76. The lowest BCUT2D eigenvalue weighted by atomic mass is 9.86. The third-order valence-electron chi connectivity index (χ3n) is 3.73. The average Bonchev–Trinajstić information content (AvgIpc) is 2.36. The Morgan fingerprint density at radius 3 is 2.50 bits per heavy atom. The molecule has 1 atom stereocenters. The van der Waals surface area contributed by atoms with E-state index in [9.17, 15) is 0 Å². The fourth-order valence-electron chi connectivity index (χ4n) is 2.25. The number of aryl methyl sites for hydroxylation is 1. The Morgan fingerprint density at radius 1 is 1.20 bits per heavy atom. The van der Waals surface area contributed by atoms with Gasteiger partial charge in [-0.3, -0.25) is 0 Å². The zero-order valence-electron chi connectivity index (χ0n) is 14.0. The maximum absolute atomic E-state index is 6.04. The minimum atomic E-state index is 0.129. The standard InChI is InChI=1S/C18H31NO/c1-14-10-11-16(18(3,4)5)17(13-14)20-12-8-7-9-15(2)19-6/h10-11,13,15,19H,7-9,12H2,1-6H3. The first-order chi connectivity index (χ1) is 9.34. The molecule has 0 radical (unpaired) electrons. The van der Waals surface area contributed by atoms with Crippen LogP contribution in [0.2, 0.25) is 0 Å². The maximum Gasteiger partial charge on any atom is 0.123 e. The fourth-order valence-corrected chi connectivity index (χ4v) is 2.25. The number of hydrogen-bond donors (Lipinski definition) is 1. The molecule has 0 fully saturated rings. The molecule has 0 saturated heterocycles. The Hall–Kier alpha value is -1.02. The van der Waals surface area contributed by atoms with Crippen molar-refractivity contribution in [2.75, 3.05) is 13.7 Å². The van der Waals surface area contributed by atoms with Gasteiger partial charge in [0.05, 0.1) is 6.61 Å². The second kappa shape index (κ2) is 7.68. The highest BCUT2D eigenvalue weighted by Gasteiger charge is 2.18. The molecule has 0 aliphatic heterocycles. The molecule has 0 heterocycles. The Bertz CT molecular complexity index is 406. The normalized spacial score (nSPS) is 13.3. The van der Waals surface area contributed by atoms with Gasteiger partial charge in [0.15, 0.2) is 0 Å². The Labute approximate surface area is 124 Å². The van der Waals surface area contributed by atoms with Crippen LogP contribution in [0.1, 0.15) is 58.1 Å². The van der Waals surface area contributed by atoms with Crippen molar-refractivity contribution < 1.29 is 4.74 Å². The van der Waals surface area contributed by atoms with Gasteiger partial charge in [0, 0.05) is 6.04 Å². The number of ether oxygens (including phenoxy) is 1. The van der Waals surface area contributed by atoms with Gasteiger partial charge in [0.2, 0.25) is 0 Å². The summed E-state index contributed by atoms with van der Waals surface area (Å²) in [5, 5.41) is 3.27. The highest BCUT2D eigenvalue weighted by atomic mass is 16.5. The van der Waals surface area contributed by atoms with Crippen molar-refractivity contribution >= 4 is 0 Å². The smallest absolute Gasteiger partial charge is 0.123 e. The topological polar surface area (TPSA) is 21.3 Å². The maximum atomic E-state index is 6.04. The largest absolute Gasteiger partial charge is 0.493 e. The van der Waals surface area contributed by atoms with Gasteiger partial charge in [-0.25, -0.2) is 0 Å². The summed E-state index contributed by atoms with van der Waals surface area (Å²) in [7, 11) is 2.02. The molecule has 2 heteroatoms. The van der Waals surface area contributed by atoms with Crippen molar-refractivity contribution in [2.45, 2.75) is 65.3 Å². The van der Waals surface area contributed by atoms with Crippen LogP contribution in [0.5, 0.6) is 5.75 Å². The first kappa shape index (κ1) is 17.0. The molecule has 0 saturated carbocycles. The van der Waals surface area contributed by atoms with Crippen molar-refractivity contribution in [1.29, 1.82) is 0 Å². The van der Waals surface area contributed by atoms with Gasteiger partial charge in [-0.15, -0.1) is 0 Å². The molecule has 0 aromatic heterocycles. The van der Waals surface area contributed by atoms with E-state index in [1.54, 1.807) is 0 Å². The summed E-state index contributed by atoms with van der Waals surface area (Å²) in [4.78, 5) is 0. The molecular formula is C18H31NO. The van der Waals surface area contributed by atoms with Gasteiger partial charge < -0.3 is 10.1 Å². The first-order valence-electron chi connectivity index (χ1n) is 7.76. The van der Waals surface area contributed by atoms with Gasteiger partial charge >= 0.3 is 0 Å². The molecular weight excluding hydrogens is 246 g/mol. The highest BCUT2D eigenvalue weighted by Crippen LogP contribution is 2.32. The van der Waals surface area contributed by atoms with Gasteiger partial charge in [-0.2, -0.15) is 0 Å². The van der Waals surface area contributed by atoms with Crippen molar-refractivity contribution in [3.63, 3.8) is 0 Å². The lowest BCUT2D eigenvalue weighted by Gasteiger charge is -2.23. The summed E-state index contributed by atoms with van der Waals surface area (Å²) >= 11 is 0.